The van der Waals surface area contributed by atoms with Crippen LogP contribution >= 0.6 is 11.6 Å². The van der Waals surface area contributed by atoms with Crippen LogP contribution in [0.15, 0.2) is 42.7 Å². The standard InChI is InChI=1S/C14H10ClN3O3/c15-10-4-1-9(2-5-10)3-6-11(19)18-13-12(14(20)21)16-7-8-17-13/h1-8H,(H,20,21)(H,17,18,19). The smallest absolute Gasteiger partial charge is 0.358 e. The molecule has 0 aliphatic rings. The first-order valence-electron chi connectivity index (χ1n) is 5.85. The second kappa shape index (κ2) is 6.62. The van der Waals surface area contributed by atoms with E-state index in [-0.39, 0.29) is 11.5 Å². The topological polar surface area (TPSA) is 92.2 Å². The van der Waals surface area contributed by atoms with Crippen molar-refractivity contribution < 1.29 is 14.7 Å². The molecule has 0 saturated carbocycles. The molecule has 1 aromatic heterocycles. The van der Waals surface area contributed by atoms with Crippen LogP contribution in [0.2, 0.25) is 5.02 Å². The number of aromatic nitrogens is 2. The Morgan fingerprint density at radius 1 is 1.14 bits per heavy atom. The summed E-state index contributed by atoms with van der Waals surface area (Å²) in [5.74, 6) is -1.87. The number of halogens is 1. The highest BCUT2D eigenvalue weighted by atomic mass is 35.5. The zero-order valence-corrected chi connectivity index (χ0v) is 11.4. The largest absolute Gasteiger partial charge is 0.476 e. The number of anilines is 1. The second-order valence-corrected chi connectivity index (χ2v) is 4.37. The molecule has 2 rings (SSSR count). The summed E-state index contributed by atoms with van der Waals surface area (Å²) in [7, 11) is 0. The van der Waals surface area contributed by atoms with Gasteiger partial charge in [0.1, 0.15) is 0 Å². The number of benzene rings is 1. The Morgan fingerprint density at radius 2 is 1.81 bits per heavy atom. The number of carboxylic acids is 1. The van der Waals surface area contributed by atoms with Gasteiger partial charge in [-0.3, -0.25) is 4.79 Å². The number of nitrogens with one attached hydrogen (secondary N) is 1. The van der Waals surface area contributed by atoms with Crippen molar-refractivity contribution in [3.63, 3.8) is 0 Å². The van der Waals surface area contributed by atoms with E-state index >= 15 is 0 Å². The highest BCUT2D eigenvalue weighted by molar-refractivity contribution is 6.30. The molecule has 106 valence electrons. The lowest BCUT2D eigenvalue weighted by Crippen LogP contribution is -2.14. The molecule has 0 aliphatic carbocycles. The van der Waals surface area contributed by atoms with Crippen molar-refractivity contribution >= 4 is 35.4 Å². The minimum atomic E-state index is -1.26. The van der Waals surface area contributed by atoms with Gasteiger partial charge < -0.3 is 10.4 Å². The van der Waals surface area contributed by atoms with Gasteiger partial charge in [-0.05, 0) is 23.8 Å². The molecule has 0 atom stereocenters. The third kappa shape index (κ3) is 4.12. The number of amides is 1. The maximum Gasteiger partial charge on any atom is 0.358 e. The van der Waals surface area contributed by atoms with E-state index in [4.69, 9.17) is 16.7 Å². The van der Waals surface area contributed by atoms with Crippen molar-refractivity contribution in [2.75, 3.05) is 5.32 Å². The number of hydrogen-bond donors (Lipinski definition) is 2. The maximum atomic E-state index is 11.7. The normalized spacial score (nSPS) is 10.5. The van der Waals surface area contributed by atoms with Gasteiger partial charge in [-0.1, -0.05) is 23.7 Å². The maximum absolute atomic E-state index is 11.7. The molecule has 0 radical (unpaired) electrons. The number of nitrogens with zero attached hydrogens (tertiary/aromatic N) is 2. The first-order valence-corrected chi connectivity index (χ1v) is 6.23. The fraction of sp³-hybridized carbons (Fsp3) is 0. The summed E-state index contributed by atoms with van der Waals surface area (Å²) in [6.07, 6.45) is 5.37. The fourth-order valence-corrected chi connectivity index (χ4v) is 1.62. The molecule has 0 bridgehead atoms. The van der Waals surface area contributed by atoms with Crippen LogP contribution in [0, 0.1) is 0 Å². The Kier molecular flexibility index (Phi) is 4.63. The van der Waals surface area contributed by atoms with Gasteiger partial charge in [0.25, 0.3) is 0 Å². The quantitative estimate of drug-likeness (QED) is 0.847. The molecular weight excluding hydrogens is 294 g/mol. The molecular formula is C14H10ClN3O3. The highest BCUT2D eigenvalue weighted by Crippen LogP contribution is 2.11. The molecule has 0 aliphatic heterocycles. The molecule has 0 fully saturated rings. The van der Waals surface area contributed by atoms with E-state index in [2.05, 4.69) is 15.3 Å². The summed E-state index contributed by atoms with van der Waals surface area (Å²) in [4.78, 5) is 30.1. The van der Waals surface area contributed by atoms with Crippen molar-refractivity contribution in [3.05, 3.63) is 59.0 Å². The van der Waals surface area contributed by atoms with Crippen molar-refractivity contribution in [3.8, 4) is 0 Å². The lowest BCUT2D eigenvalue weighted by Gasteiger charge is -2.03. The van der Waals surface area contributed by atoms with Crippen LogP contribution in [0.25, 0.3) is 6.08 Å². The summed E-state index contributed by atoms with van der Waals surface area (Å²) in [6.45, 7) is 0. The Hall–Kier alpha value is -2.73. The number of hydrogen-bond acceptors (Lipinski definition) is 4. The predicted octanol–water partition coefficient (Wildman–Crippen LogP) is 2.48. The monoisotopic (exact) mass is 303 g/mol. The zero-order chi connectivity index (χ0) is 15.2. The van der Waals surface area contributed by atoms with Crippen LogP contribution in [-0.2, 0) is 4.79 Å². The Balaban J connectivity index is 2.08. The number of carbonyl (C=O) groups is 2. The molecule has 6 nitrogen and oxygen atoms in total. The van der Waals surface area contributed by atoms with Gasteiger partial charge in [0, 0.05) is 23.5 Å². The Morgan fingerprint density at radius 3 is 2.48 bits per heavy atom. The van der Waals surface area contributed by atoms with Crippen LogP contribution in [-0.4, -0.2) is 27.0 Å². The van der Waals surface area contributed by atoms with Crippen LogP contribution < -0.4 is 5.32 Å². The van der Waals surface area contributed by atoms with Gasteiger partial charge in [0.15, 0.2) is 11.5 Å². The molecule has 0 spiro atoms. The van der Waals surface area contributed by atoms with E-state index in [1.165, 1.54) is 18.5 Å². The van der Waals surface area contributed by atoms with Gasteiger partial charge >= 0.3 is 5.97 Å². The molecule has 1 amide bonds. The van der Waals surface area contributed by atoms with Crippen LogP contribution in [0.3, 0.4) is 0 Å². The SMILES string of the molecule is O=C(C=Cc1ccc(Cl)cc1)Nc1nccnc1C(=O)O. The third-order valence-corrected chi connectivity index (χ3v) is 2.69. The first kappa shape index (κ1) is 14.7. The number of aromatic carboxylic acids is 1. The van der Waals surface area contributed by atoms with Crippen molar-refractivity contribution in [2.45, 2.75) is 0 Å². The predicted molar refractivity (Wildman–Crippen MR) is 78.1 cm³/mol. The van der Waals surface area contributed by atoms with Crippen molar-refractivity contribution in [2.24, 2.45) is 0 Å². The average molecular weight is 304 g/mol. The van der Waals surface area contributed by atoms with E-state index in [9.17, 15) is 9.59 Å². The van der Waals surface area contributed by atoms with Gasteiger partial charge in [-0.15, -0.1) is 0 Å². The summed E-state index contributed by atoms with van der Waals surface area (Å²) in [6, 6.07) is 6.89. The van der Waals surface area contributed by atoms with Gasteiger partial charge in [0.05, 0.1) is 0 Å². The van der Waals surface area contributed by atoms with Gasteiger partial charge in [0.2, 0.25) is 5.91 Å². The van der Waals surface area contributed by atoms with E-state index in [0.29, 0.717) is 5.02 Å². The Labute approximate surface area is 125 Å². The van der Waals surface area contributed by atoms with Crippen LogP contribution in [0.4, 0.5) is 5.82 Å². The minimum Gasteiger partial charge on any atom is -0.476 e. The third-order valence-electron chi connectivity index (χ3n) is 2.44. The first-order chi connectivity index (χ1) is 10.1. The molecule has 0 unspecified atom stereocenters. The fourth-order valence-electron chi connectivity index (χ4n) is 1.49. The summed E-state index contributed by atoms with van der Waals surface area (Å²) < 4.78 is 0. The van der Waals surface area contributed by atoms with Crippen molar-refractivity contribution in [1.82, 2.24) is 9.97 Å². The number of carboxylic acid groups (broad SMARTS) is 1. The Bertz CT molecular complexity index is 699. The zero-order valence-electron chi connectivity index (χ0n) is 10.7. The molecule has 2 aromatic rings. The van der Waals surface area contributed by atoms with E-state index in [1.807, 2.05) is 0 Å². The van der Waals surface area contributed by atoms with Gasteiger partial charge in [-0.25, -0.2) is 14.8 Å². The summed E-state index contributed by atoms with van der Waals surface area (Å²) >= 11 is 5.75. The molecule has 1 heterocycles. The van der Waals surface area contributed by atoms with E-state index in [0.717, 1.165) is 5.56 Å². The number of rotatable bonds is 4. The van der Waals surface area contributed by atoms with Gasteiger partial charge in [-0.2, -0.15) is 0 Å². The lowest BCUT2D eigenvalue weighted by atomic mass is 10.2. The average Bonchev–Trinajstić information content (AvgIpc) is 2.47. The molecule has 21 heavy (non-hydrogen) atoms. The lowest BCUT2D eigenvalue weighted by molar-refractivity contribution is -0.111. The summed E-state index contributed by atoms with van der Waals surface area (Å²) in [5, 5.41) is 11.9. The highest BCUT2D eigenvalue weighted by Gasteiger charge is 2.13. The second-order valence-electron chi connectivity index (χ2n) is 3.93. The van der Waals surface area contributed by atoms with Crippen LogP contribution in [0.5, 0.6) is 0 Å². The molecule has 2 N–H and O–H groups in total. The van der Waals surface area contributed by atoms with Crippen LogP contribution in [0.1, 0.15) is 16.1 Å². The summed E-state index contributed by atoms with van der Waals surface area (Å²) in [5.41, 5.74) is 0.470. The van der Waals surface area contributed by atoms with E-state index < -0.39 is 11.9 Å². The number of carbonyl (C=O) groups excluding carboxylic acids is 1. The van der Waals surface area contributed by atoms with E-state index in [1.54, 1.807) is 30.3 Å². The van der Waals surface area contributed by atoms with Crippen molar-refractivity contribution in [1.29, 1.82) is 0 Å². The molecule has 0 saturated heterocycles. The minimum absolute atomic E-state index is 0.101. The molecule has 7 heteroatoms. The molecule has 1 aromatic carbocycles.